The molecule has 0 radical (unpaired) electrons. The number of hydrogen-bond donors (Lipinski definition) is 2. The highest BCUT2D eigenvalue weighted by Gasteiger charge is 2.16. The highest BCUT2D eigenvalue weighted by molar-refractivity contribution is 6.29. The highest BCUT2D eigenvalue weighted by Crippen LogP contribution is 2.13. The highest BCUT2D eigenvalue weighted by atomic mass is 35.5. The molecule has 1 rings (SSSR count). The third-order valence-electron chi connectivity index (χ3n) is 1.29. The number of rotatable bonds is 1. The fraction of sp³-hybridized carbons (Fsp3) is 0.444. The summed E-state index contributed by atoms with van der Waals surface area (Å²) < 4.78 is 5.04. The predicted octanol–water partition coefficient (Wildman–Crippen LogP) is 3.02. The van der Waals surface area contributed by atoms with Crippen LogP contribution >= 0.6 is 11.6 Å². The number of halogens is 1. The van der Waals surface area contributed by atoms with E-state index in [9.17, 15) is 4.79 Å². The zero-order valence-electron chi connectivity index (χ0n) is 8.35. The van der Waals surface area contributed by atoms with Crippen molar-refractivity contribution in [1.29, 1.82) is 0 Å². The van der Waals surface area contributed by atoms with Crippen LogP contribution in [0.15, 0.2) is 12.1 Å². The van der Waals surface area contributed by atoms with Gasteiger partial charge in [-0.25, -0.2) is 4.79 Å². The Labute approximate surface area is 87.6 Å². The van der Waals surface area contributed by atoms with Crippen molar-refractivity contribution in [3.63, 3.8) is 0 Å². The van der Waals surface area contributed by atoms with Gasteiger partial charge in [-0.1, -0.05) is 11.6 Å². The molecule has 14 heavy (non-hydrogen) atoms. The van der Waals surface area contributed by atoms with Gasteiger partial charge in [-0.3, -0.25) is 5.32 Å². The van der Waals surface area contributed by atoms with Crippen molar-refractivity contribution >= 4 is 23.5 Å². The van der Waals surface area contributed by atoms with Crippen molar-refractivity contribution < 1.29 is 9.53 Å². The molecule has 0 fully saturated rings. The Hall–Kier alpha value is -1.16. The van der Waals surface area contributed by atoms with Crippen LogP contribution in [0.3, 0.4) is 0 Å². The average molecular weight is 217 g/mol. The first-order chi connectivity index (χ1) is 6.37. The van der Waals surface area contributed by atoms with Gasteiger partial charge in [-0.15, -0.1) is 0 Å². The predicted molar refractivity (Wildman–Crippen MR) is 55.7 cm³/mol. The lowest BCUT2D eigenvalue weighted by molar-refractivity contribution is 0.0635. The summed E-state index contributed by atoms with van der Waals surface area (Å²) in [5.74, 6) is 0.518. The van der Waals surface area contributed by atoms with E-state index >= 15 is 0 Å². The molecule has 5 heteroatoms. The summed E-state index contributed by atoms with van der Waals surface area (Å²) in [6.07, 6.45) is -0.504. The molecule has 2 N–H and O–H groups in total. The maximum Gasteiger partial charge on any atom is 0.413 e. The number of amides is 1. The number of aromatic amines is 1. The number of carbonyl (C=O) groups is 1. The lowest BCUT2D eigenvalue weighted by Crippen LogP contribution is -2.27. The van der Waals surface area contributed by atoms with Gasteiger partial charge in [0, 0.05) is 0 Å². The first-order valence-corrected chi connectivity index (χ1v) is 4.59. The standard InChI is InChI=1S/C9H13ClN2O2/c1-9(2,3)14-8(13)12-7-5-4-6(10)11-7/h4-5,11H,1-3H3,(H,12,13). The summed E-state index contributed by atoms with van der Waals surface area (Å²) in [4.78, 5) is 14.0. The van der Waals surface area contributed by atoms with Crippen molar-refractivity contribution in [2.45, 2.75) is 26.4 Å². The molecule has 1 amide bonds. The Kier molecular flexibility index (Phi) is 3.06. The van der Waals surface area contributed by atoms with Crippen LogP contribution in [0, 0.1) is 0 Å². The van der Waals surface area contributed by atoms with Crippen molar-refractivity contribution in [2.75, 3.05) is 5.32 Å². The number of H-pyrrole nitrogens is 1. The monoisotopic (exact) mass is 216 g/mol. The molecule has 0 aromatic carbocycles. The van der Waals surface area contributed by atoms with Crippen LogP contribution in [0.2, 0.25) is 5.15 Å². The van der Waals surface area contributed by atoms with Gasteiger partial charge in [0.1, 0.15) is 16.6 Å². The van der Waals surface area contributed by atoms with E-state index in [0.717, 1.165) is 0 Å². The van der Waals surface area contributed by atoms with Crippen LogP contribution < -0.4 is 5.32 Å². The van der Waals surface area contributed by atoms with Crippen LogP contribution in [-0.4, -0.2) is 16.7 Å². The van der Waals surface area contributed by atoms with Gasteiger partial charge in [0.25, 0.3) is 0 Å². The first-order valence-electron chi connectivity index (χ1n) is 4.21. The summed E-state index contributed by atoms with van der Waals surface area (Å²) in [5.41, 5.74) is -0.500. The van der Waals surface area contributed by atoms with Crippen LogP contribution in [0.4, 0.5) is 10.6 Å². The number of hydrogen-bond acceptors (Lipinski definition) is 2. The molecule has 0 aliphatic heterocycles. The Bertz CT molecular complexity index is 328. The van der Waals surface area contributed by atoms with Crippen molar-refractivity contribution in [3.8, 4) is 0 Å². The lowest BCUT2D eigenvalue weighted by Gasteiger charge is -2.19. The molecule has 0 unspecified atom stereocenters. The summed E-state index contributed by atoms with van der Waals surface area (Å²) in [6, 6.07) is 3.31. The molecule has 0 aliphatic carbocycles. The van der Waals surface area contributed by atoms with Gasteiger partial charge >= 0.3 is 6.09 Å². The number of anilines is 1. The minimum atomic E-state index is -0.504. The Morgan fingerprint density at radius 3 is 2.57 bits per heavy atom. The number of nitrogens with one attached hydrogen (secondary N) is 2. The smallest absolute Gasteiger partial charge is 0.413 e. The minimum Gasteiger partial charge on any atom is -0.444 e. The molecule has 0 aliphatic rings. The summed E-state index contributed by atoms with van der Waals surface area (Å²) in [5, 5.41) is 2.99. The number of carbonyl (C=O) groups excluding carboxylic acids is 1. The zero-order chi connectivity index (χ0) is 10.8. The van der Waals surface area contributed by atoms with Gasteiger partial charge in [-0.2, -0.15) is 0 Å². The second-order valence-electron chi connectivity index (χ2n) is 3.85. The maximum atomic E-state index is 11.2. The molecule has 1 aromatic heterocycles. The molecular formula is C9H13ClN2O2. The Morgan fingerprint density at radius 1 is 1.50 bits per heavy atom. The van der Waals surface area contributed by atoms with Gasteiger partial charge in [0.05, 0.1) is 0 Å². The van der Waals surface area contributed by atoms with E-state index in [0.29, 0.717) is 11.0 Å². The zero-order valence-corrected chi connectivity index (χ0v) is 9.11. The Morgan fingerprint density at radius 2 is 2.14 bits per heavy atom. The van der Waals surface area contributed by atoms with Gasteiger partial charge in [0.15, 0.2) is 0 Å². The topological polar surface area (TPSA) is 54.1 Å². The molecule has 0 spiro atoms. The van der Waals surface area contributed by atoms with Crippen molar-refractivity contribution in [3.05, 3.63) is 17.3 Å². The Balaban J connectivity index is 2.50. The fourth-order valence-corrected chi connectivity index (χ4v) is 1.02. The first kappa shape index (κ1) is 10.9. The lowest BCUT2D eigenvalue weighted by atomic mass is 10.2. The van der Waals surface area contributed by atoms with E-state index in [1.165, 1.54) is 0 Å². The number of aromatic nitrogens is 1. The molecular weight excluding hydrogens is 204 g/mol. The quantitative estimate of drug-likeness (QED) is 0.758. The maximum absolute atomic E-state index is 11.2. The van der Waals surface area contributed by atoms with Gasteiger partial charge in [0.2, 0.25) is 0 Å². The SMILES string of the molecule is CC(C)(C)OC(=O)Nc1ccc(Cl)[nH]1. The van der Waals surface area contributed by atoms with E-state index in [4.69, 9.17) is 16.3 Å². The largest absolute Gasteiger partial charge is 0.444 e. The van der Waals surface area contributed by atoms with Crippen molar-refractivity contribution in [2.24, 2.45) is 0 Å². The molecule has 0 saturated carbocycles. The van der Waals surface area contributed by atoms with Crippen LogP contribution in [0.25, 0.3) is 0 Å². The molecule has 0 bridgehead atoms. The molecule has 1 aromatic rings. The van der Waals surface area contributed by atoms with E-state index in [-0.39, 0.29) is 0 Å². The summed E-state index contributed by atoms with van der Waals surface area (Å²) in [6.45, 7) is 5.40. The normalized spacial score (nSPS) is 11.1. The second kappa shape index (κ2) is 3.92. The average Bonchev–Trinajstić information content (AvgIpc) is 2.30. The van der Waals surface area contributed by atoms with E-state index < -0.39 is 11.7 Å². The molecule has 78 valence electrons. The van der Waals surface area contributed by atoms with E-state index in [1.807, 2.05) is 0 Å². The van der Waals surface area contributed by atoms with Crippen LogP contribution in [0.5, 0.6) is 0 Å². The van der Waals surface area contributed by atoms with E-state index in [2.05, 4.69) is 10.3 Å². The fourth-order valence-electron chi connectivity index (χ4n) is 0.855. The van der Waals surface area contributed by atoms with Crippen LogP contribution in [0.1, 0.15) is 20.8 Å². The third-order valence-corrected chi connectivity index (χ3v) is 1.51. The van der Waals surface area contributed by atoms with Gasteiger partial charge < -0.3 is 9.72 Å². The van der Waals surface area contributed by atoms with Gasteiger partial charge in [-0.05, 0) is 32.9 Å². The molecule has 0 atom stereocenters. The molecule has 1 heterocycles. The number of ether oxygens (including phenoxy) is 1. The van der Waals surface area contributed by atoms with Crippen LogP contribution in [-0.2, 0) is 4.74 Å². The molecule has 0 saturated heterocycles. The third kappa shape index (κ3) is 3.70. The van der Waals surface area contributed by atoms with E-state index in [1.54, 1.807) is 32.9 Å². The summed E-state index contributed by atoms with van der Waals surface area (Å²) in [7, 11) is 0. The minimum absolute atomic E-state index is 0.469. The summed E-state index contributed by atoms with van der Waals surface area (Å²) >= 11 is 5.63. The molecule has 4 nitrogen and oxygen atoms in total. The second-order valence-corrected chi connectivity index (χ2v) is 4.25. The van der Waals surface area contributed by atoms with Crippen molar-refractivity contribution in [1.82, 2.24) is 4.98 Å².